The monoisotopic (exact) mass is 351 g/mol. The van der Waals surface area contributed by atoms with Crippen molar-refractivity contribution < 1.29 is 4.79 Å². The van der Waals surface area contributed by atoms with Gasteiger partial charge in [-0.3, -0.25) is 15.1 Å². The van der Waals surface area contributed by atoms with Crippen LogP contribution in [0.15, 0.2) is 18.6 Å². The topological polar surface area (TPSA) is 61.4 Å². The van der Waals surface area contributed by atoms with Gasteiger partial charge in [0.25, 0.3) is 0 Å². The van der Waals surface area contributed by atoms with Crippen molar-refractivity contribution in [3.63, 3.8) is 0 Å². The van der Waals surface area contributed by atoms with Gasteiger partial charge >= 0.3 is 0 Å². The van der Waals surface area contributed by atoms with Gasteiger partial charge in [0.15, 0.2) is 0 Å². The summed E-state index contributed by atoms with van der Waals surface area (Å²) in [6.07, 6.45) is 5.14. The van der Waals surface area contributed by atoms with E-state index in [9.17, 15) is 4.79 Å². The molecule has 1 aromatic rings. The molecule has 2 aliphatic heterocycles. The third-order valence-electron chi connectivity index (χ3n) is 3.48. The predicted octanol–water partition coefficient (Wildman–Crippen LogP) is 0.631. The zero-order valence-electron chi connectivity index (χ0n) is 11.5. The molecular weight excluding hydrogens is 333 g/mol. The van der Waals surface area contributed by atoms with Crippen LogP contribution in [-0.2, 0) is 4.79 Å². The van der Waals surface area contributed by atoms with Crippen LogP contribution in [0, 0.1) is 0 Å². The Hall–Kier alpha value is -0.760. The summed E-state index contributed by atoms with van der Waals surface area (Å²) >= 11 is 1.78. The van der Waals surface area contributed by atoms with E-state index in [0.717, 1.165) is 43.6 Å². The van der Waals surface area contributed by atoms with E-state index in [1.165, 1.54) is 0 Å². The van der Waals surface area contributed by atoms with E-state index >= 15 is 0 Å². The first-order chi connectivity index (χ1) is 9.34. The zero-order valence-corrected chi connectivity index (χ0v) is 13.9. The number of nitrogens with zero attached hydrogens (tertiary/aromatic N) is 4. The number of thioether (sulfide) groups is 1. The summed E-state index contributed by atoms with van der Waals surface area (Å²) in [5, 5.41) is 3.23. The van der Waals surface area contributed by atoms with E-state index in [2.05, 4.69) is 20.2 Å². The summed E-state index contributed by atoms with van der Waals surface area (Å²) in [4.78, 5) is 24.7. The van der Waals surface area contributed by atoms with Crippen LogP contribution in [-0.4, -0.2) is 64.6 Å². The molecule has 0 aromatic carbocycles. The minimum Gasteiger partial charge on any atom is -0.352 e. The molecule has 3 heterocycles. The molecule has 2 fully saturated rings. The number of rotatable bonds is 2. The average Bonchev–Trinajstić information content (AvgIpc) is 3.02. The predicted molar refractivity (Wildman–Crippen MR) is 89.6 cm³/mol. The number of nitrogens with one attached hydrogen (secondary N) is 1. The van der Waals surface area contributed by atoms with Crippen LogP contribution in [0.3, 0.4) is 0 Å². The van der Waals surface area contributed by atoms with Gasteiger partial charge in [-0.1, -0.05) is 0 Å². The van der Waals surface area contributed by atoms with E-state index in [1.54, 1.807) is 30.4 Å². The molecule has 2 saturated heterocycles. The second-order valence-corrected chi connectivity index (χ2v) is 5.68. The number of aromatic nitrogens is 2. The molecule has 6 nitrogen and oxygen atoms in total. The van der Waals surface area contributed by atoms with Crippen molar-refractivity contribution in [3.8, 4) is 0 Å². The first-order valence-corrected chi connectivity index (χ1v) is 7.61. The lowest BCUT2D eigenvalue weighted by Crippen LogP contribution is -2.53. The van der Waals surface area contributed by atoms with E-state index in [1.807, 2.05) is 4.90 Å². The molecule has 1 aromatic heterocycles. The Morgan fingerprint density at radius 2 is 2.00 bits per heavy atom. The Balaban J connectivity index is 0.00000110. The third kappa shape index (κ3) is 4.35. The first kappa shape index (κ1) is 18.3. The normalized spacial score (nSPS) is 21.4. The lowest BCUT2D eigenvalue weighted by Gasteiger charge is -2.36. The Labute approximate surface area is 140 Å². The molecule has 1 amide bonds. The highest BCUT2D eigenvalue weighted by molar-refractivity contribution is 7.99. The Bertz CT molecular complexity index is 439. The minimum absolute atomic E-state index is 0. The summed E-state index contributed by atoms with van der Waals surface area (Å²) in [7, 11) is 0. The van der Waals surface area contributed by atoms with Crippen molar-refractivity contribution >= 4 is 48.3 Å². The van der Waals surface area contributed by atoms with Gasteiger partial charge < -0.3 is 9.80 Å². The summed E-state index contributed by atoms with van der Waals surface area (Å²) in [5.74, 6) is 2.91. The van der Waals surface area contributed by atoms with Crippen molar-refractivity contribution in [2.24, 2.45) is 0 Å². The fourth-order valence-electron chi connectivity index (χ4n) is 2.38. The second-order valence-electron chi connectivity index (χ2n) is 4.65. The maximum absolute atomic E-state index is 12.2. The van der Waals surface area contributed by atoms with E-state index in [0.29, 0.717) is 0 Å². The standard InChI is InChI=1S/C12H17N5OS.2ClH/c18-12(10-8-19-9-15-10)17-5-3-16(4-6-17)11-7-13-1-2-14-11;;/h1-2,7,10,15H,3-6,8-9H2;2*1H. The van der Waals surface area contributed by atoms with Gasteiger partial charge in [0.2, 0.25) is 5.91 Å². The first-order valence-electron chi connectivity index (χ1n) is 6.45. The van der Waals surface area contributed by atoms with Crippen LogP contribution in [0.2, 0.25) is 0 Å². The quantitative estimate of drug-likeness (QED) is 0.843. The molecule has 2 aliphatic rings. The van der Waals surface area contributed by atoms with Crippen LogP contribution in [0.5, 0.6) is 0 Å². The Kier molecular flexibility index (Phi) is 7.51. The molecule has 0 spiro atoms. The molecule has 0 aliphatic carbocycles. The lowest BCUT2D eigenvalue weighted by molar-refractivity contribution is -0.132. The number of halogens is 2. The average molecular weight is 352 g/mol. The molecule has 0 radical (unpaired) electrons. The van der Waals surface area contributed by atoms with Crippen LogP contribution >= 0.6 is 36.6 Å². The van der Waals surface area contributed by atoms with Crippen LogP contribution in [0.1, 0.15) is 0 Å². The van der Waals surface area contributed by atoms with Crippen LogP contribution < -0.4 is 10.2 Å². The SMILES string of the molecule is Cl.Cl.O=C(C1CSCN1)N1CCN(c2cnccn2)CC1. The zero-order chi connectivity index (χ0) is 13.1. The van der Waals surface area contributed by atoms with Gasteiger partial charge in [0.05, 0.1) is 12.2 Å². The van der Waals surface area contributed by atoms with Gasteiger partial charge in [-0.2, -0.15) is 0 Å². The molecule has 0 saturated carbocycles. The fourth-order valence-corrected chi connectivity index (χ4v) is 3.32. The molecule has 1 atom stereocenters. The second kappa shape index (κ2) is 8.63. The van der Waals surface area contributed by atoms with Crippen molar-refractivity contribution in [2.75, 3.05) is 42.7 Å². The highest BCUT2D eigenvalue weighted by Gasteiger charge is 2.29. The highest BCUT2D eigenvalue weighted by atomic mass is 35.5. The lowest BCUT2D eigenvalue weighted by atomic mass is 10.2. The molecule has 1 N–H and O–H groups in total. The van der Waals surface area contributed by atoms with Gasteiger partial charge in [-0.25, -0.2) is 4.98 Å². The molecule has 3 rings (SSSR count). The van der Waals surface area contributed by atoms with Crippen molar-refractivity contribution in [1.82, 2.24) is 20.2 Å². The van der Waals surface area contributed by atoms with E-state index < -0.39 is 0 Å². The molecule has 9 heteroatoms. The molecule has 0 bridgehead atoms. The largest absolute Gasteiger partial charge is 0.352 e. The summed E-state index contributed by atoms with van der Waals surface area (Å²) in [5.41, 5.74) is 0. The summed E-state index contributed by atoms with van der Waals surface area (Å²) in [6, 6.07) is 0.00747. The molecule has 1 unspecified atom stereocenters. The smallest absolute Gasteiger partial charge is 0.240 e. The molecule has 118 valence electrons. The van der Waals surface area contributed by atoms with Crippen LogP contribution in [0.4, 0.5) is 5.82 Å². The Morgan fingerprint density at radius 1 is 1.24 bits per heavy atom. The maximum atomic E-state index is 12.2. The minimum atomic E-state index is 0. The summed E-state index contributed by atoms with van der Waals surface area (Å²) < 4.78 is 0. The number of carbonyl (C=O) groups excluding carboxylic acids is 1. The number of carbonyl (C=O) groups is 1. The number of piperazine rings is 1. The van der Waals surface area contributed by atoms with E-state index in [4.69, 9.17) is 0 Å². The third-order valence-corrected chi connectivity index (χ3v) is 4.42. The summed E-state index contributed by atoms with van der Waals surface area (Å²) in [6.45, 7) is 3.17. The number of hydrogen-bond acceptors (Lipinski definition) is 6. The Morgan fingerprint density at radius 3 is 2.57 bits per heavy atom. The fraction of sp³-hybridized carbons (Fsp3) is 0.583. The van der Waals surface area contributed by atoms with Gasteiger partial charge in [-0.15, -0.1) is 36.6 Å². The van der Waals surface area contributed by atoms with Crippen LogP contribution in [0.25, 0.3) is 0 Å². The molecular formula is C12H19Cl2N5OS. The maximum Gasteiger partial charge on any atom is 0.240 e. The van der Waals surface area contributed by atoms with Gasteiger partial charge in [0.1, 0.15) is 5.82 Å². The number of amides is 1. The molecule has 21 heavy (non-hydrogen) atoms. The van der Waals surface area contributed by atoms with Crippen molar-refractivity contribution in [2.45, 2.75) is 6.04 Å². The van der Waals surface area contributed by atoms with E-state index in [-0.39, 0.29) is 36.8 Å². The number of anilines is 1. The number of hydrogen-bond donors (Lipinski definition) is 1. The highest BCUT2D eigenvalue weighted by Crippen LogP contribution is 2.15. The van der Waals surface area contributed by atoms with Crippen molar-refractivity contribution in [3.05, 3.63) is 18.6 Å². The van der Waals surface area contributed by atoms with Gasteiger partial charge in [0, 0.05) is 50.2 Å². The van der Waals surface area contributed by atoms with Gasteiger partial charge in [-0.05, 0) is 0 Å². The van der Waals surface area contributed by atoms with Crippen molar-refractivity contribution in [1.29, 1.82) is 0 Å².